The average molecular weight is 661 g/mol. The molecule has 0 radical (unpaired) electrons. The standard InChI is InChI=1S/C18H26N2O3.2C7H8O3S/c1-3-7-19(8-4-1)11-13-21-15-17-23-18-16-22-14-12-20-9-5-2-6-10-20;2*1-6-2-4-7(5-3-6)11(8,9)10/h1-10H,11-18H2;2*2-5H,1H3,(H,8,9,10)/q+2;;/p-2. The first kappa shape index (κ1) is 37.6. The first-order valence-electron chi connectivity index (χ1n) is 14.1. The third kappa shape index (κ3) is 17.5. The van der Waals surface area contributed by atoms with E-state index in [0.717, 1.165) is 24.2 Å². The number of nitrogens with zero attached hydrogens (tertiary/aromatic N) is 2. The number of pyridine rings is 2. The van der Waals surface area contributed by atoms with E-state index >= 15 is 0 Å². The summed E-state index contributed by atoms with van der Waals surface area (Å²) < 4.78 is 83.1. The van der Waals surface area contributed by atoms with E-state index in [1.54, 1.807) is 24.3 Å². The Bertz CT molecular complexity index is 1450. The molecule has 4 rings (SSSR count). The van der Waals surface area contributed by atoms with Crippen LogP contribution >= 0.6 is 0 Å². The average Bonchev–Trinajstić information content (AvgIpc) is 3.01. The summed E-state index contributed by atoms with van der Waals surface area (Å²) in [6.07, 6.45) is 8.13. The zero-order chi connectivity index (χ0) is 33.0. The van der Waals surface area contributed by atoms with Gasteiger partial charge in [0.2, 0.25) is 0 Å². The largest absolute Gasteiger partial charge is 0.744 e. The van der Waals surface area contributed by atoms with Crippen molar-refractivity contribution in [3.05, 3.63) is 121 Å². The normalized spacial score (nSPS) is 11.1. The SMILES string of the molecule is Cc1ccc(S(=O)(=O)[O-])cc1.Cc1ccc(S(=O)(=O)[O-])cc1.c1cc[n+](CCOCCOCCOCC[n+]2ccccc2)cc1. The molecule has 2 aromatic heterocycles. The Morgan fingerprint density at radius 3 is 1.07 bits per heavy atom. The number of benzene rings is 2. The fraction of sp³-hybridized carbons (Fsp3) is 0.312. The zero-order valence-electron chi connectivity index (χ0n) is 25.4. The predicted molar refractivity (Wildman–Crippen MR) is 164 cm³/mol. The van der Waals surface area contributed by atoms with Crippen molar-refractivity contribution in [2.24, 2.45) is 0 Å². The molecular formula is C32H40N2O9S2. The van der Waals surface area contributed by atoms with Gasteiger partial charge in [-0.05, 0) is 38.1 Å². The highest BCUT2D eigenvalue weighted by atomic mass is 32.2. The summed E-state index contributed by atoms with van der Waals surface area (Å²) in [5.41, 5.74) is 1.86. The molecule has 2 heterocycles. The van der Waals surface area contributed by atoms with Crippen molar-refractivity contribution >= 4 is 20.2 Å². The molecule has 0 amide bonds. The van der Waals surface area contributed by atoms with Gasteiger partial charge in [-0.15, -0.1) is 0 Å². The minimum absolute atomic E-state index is 0.178. The van der Waals surface area contributed by atoms with Crippen LogP contribution in [0.5, 0.6) is 0 Å². The third-order valence-electron chi connectivity index (χ3n) is 5.91. The highest BCUT2D eigenvalue weighted by molar-refractivity contribution is 7.86. The van der Waals surface area contributed by atoms with E-state index in [0.29, 0.717) is 39.6 Å². The van der Waals surface area contributed by atoms with Crippen molar-refractivity contribution in [1.82, 2.24) is 0 Å². The van der Waals surface area contributed by atoms with Crippen molar-refractivity contribution in [2.75, 3.05) is 39.6 Å². The lowest BCUT2D eigenvalue weighted by Gasteiger charge is -2.05. The molecule has 13 heteroatoms. The van der Waals surface area contributed by atoms with Crippen LogP contribution in [-0.2, 0) is 47.5 Å². The summed E-state index contributed by atoms with van der Waals surface area (Å²) in [5.74, 6) is 0. The number of rotatable bonds is 14. The van der Waals surface area contributed by atoms with Gasteiger partial charge >= 0.3 is 0 Å². The number of hydrogen-bond acceptors (Lipinski definition) is 9. The Hall–Kier alpha value is -3.56. The van der Waals surface area contributed by atoms with Crippen molar-refractivity contribution in [2.45, 2.75) is 36.7 Å². The highest BCUT2D eigenvalue weighted by Gasteiger charge is 2.00. The van der Waals surface area contributed by atoms with Crippen LogP contribution < -0.4 is 9.13 Å². The van der Waals surface area contributed by atoms with Crippen LogP contribution in [0.15, 0.2) is 120 Å². The molecule has 0 saturated heterocycles. The molecule has 0 saturated carbocycles. The van der Waals surface area contributed by atoms with Gasteiger partial charge in [0.15, 0.2) is 37.9 Å². The molecule has 0 atom stereocenters. The summed E-state index contributed by atoms with van der Waals surface area (Å²) in [6.45, 7) is 9.21. The lowest BCUT2D eigenvalue weighted by Crippen LogP contribution is -2.35. The van der Waals surface area contributed by atoms with Crippen molar-refractivity contribution in [3.8, 4) is 0 Å². The lowest BCUT2D eigenvalue weighted by molar-refractivity contribution is -0.698. The number of ether oxygens (including phenoxy) is 3. The molecule has 2 aromatic carbocycles. The first-order valence-corrected chi connectivity index (χ1v) is 16.9. The van der Waals surface area contributed by atoms with Gasteiger partial charge in [0, 0.05) is 24.3 Å². The Balaban J connectivity index is 0.000000266. The first-order chi connectivity index (χ1) is 21.4. The maximum atomic E-state index is 10.4. The van der Waals surface area contributed by atoms with Gasteiger partial charge in [0.1, 0.15) is 33.5 Å². The second-order valence-corrected chi connectivity index (χ2v) is 12.4. The van der Waals surface area contributed by atoms with Gasteiger partial charge in [0.05, 0.1) is 36.2 Å². The number of aromatic nitrogens is 2. The molecule has 11 nitrogen and oxygen atoms in total. The van der Waals surface area contributed by atoms with Gasteiger partial charge in [0.25, 0.3) is 0 Å². The molecule has 244 valence electrons. The van der Waals surface area contributed by atoms with Gasteiger partial charge in [-0.1, -0.05) is 47.5 Å². The lowest BCUT2D eigenvalue weighted by atomic mass is 10.2. The summed E-state index contributed by atoms with van der Waals surface area (Å²) in [7, 11) is -8.54. The van der Waals surface area contributed by atoms with E-state index in [2.05, 4.69) is 9.13 Å². The van der Waals surface area contributed by atoms with Crippen LogP contribution in [0.25, 0.3) is 0 Å². The summed E-state index contributed by atoms with van der Waals surface area (Å²) in [5, 5.41) is 0. The summed E-state index contributed by atoms with van der Waals surface area (Å²) in [4.78, 5) is -0.355. The van der Waals surface area contributed by atoms with Crippen molar-refractivity contribution in [3.63, 3.8) is 0 Å². The van der Waals surface area contributed by atoms with Gasteiger partial charge in [-0.25, -0.2) is 26.0 Å². The second-order valence-electron chi connectivity index (χ2n) is 9.60. The number of aryl methyl sites for hydroxylation is 2. The van der Waals surface area contributed by atoms with Crippen LogP contribution in [0.4, 0.5) is 0 Å². The predicted octanol–water partition coefficient (Wildman–Crippen LogP) is 2.81. The summed E-state index contributed by atoms with van der Waals surface area (Å²) >= 11 is 0. The van der Waals surface area contributed by atoms with Crippen LogP contribution in [0.3, 0.4) is 0 Å². The van der Waals surface area contributed by atoms with E-state index < -0.39 is 20.2 Å². The molecule has 4 aromatic rings. The Kier molecular flexibility index (Phi) is 17.1. The van der Waals surface area contributed by atoms with Crippen molar-refractivity contribution < 1.29 is 49.3 Å². The zero-order valence-corrected chi connectivity index (χ0v) is 27.1. The molecule has 0 aliphatic carbocycles. The third-order valence-corrected chi connectivity index (χ3v) is 7.60. The fourth-order valence-corrected chi connectivity index (χ4v) is 4.40. The molecule has 0 fully saturated rings. The van der Waals surface area contributed by atoms with Crippen molar-refractivity contribution in [1.29, 1.82) is 0 Å². The van der Waals surface area contributed by atoms with E-state index in [9.17, 15) is 25.9 Å². The van der Waals surface area contributed by atoms with Crippen LogP contribution in [0.1, 0.15) is 11.1 Å². The topological polar surface area (TPSA) is 150 Å². The van der Waals surface area contributed by atoms with Crippen LogP contribution in [0.2, 0.25) is 0 Å². The molecule has 0 aliphatic rings. The van der Waals surface area contributed by atoms with Crippen LogP contribution in [-0.4, -0.2) is 65.6 Å². The molecule has 0 aliphatic heterocycles. The van der Waals surface area contributed by atoms with Gasteiger partial charge in [-0.2, -0.15) is 0 Å². The van der Waals surface area contributed by atoms with E-state index in [1.165, 1.54) is 24.3 Å². The fourth-order valence-electron chi connectivity index (χ4n) is 3.46. The quantitative estimate of drug-likeness (QED) is 0.113. The number of hydrogen-bond donors (Lipinski definition) is 0. The molecule has 0 bridgehead atoms. The van der Waals surface area contributed by atoms with E-state index in [1.807, 2.05) is 75.0 Å². The molecule has 0 spiro atoms. The van der Waals surface area contributed by atoms with E-state index in [-0.39, 0.29) is 9.79 Å². The highest BCUT2D eigenvalue weighted by Crippen LogP contribution is 2.09. The Morgan fingerprint density at radius 1 is 0.489 bits per heavy atom. The smallest absolute Gasteiger partial charge is 0.171 e. The minimum Gasteiger partial charge on any atom is -0.744 e. The monoisotopic (exact) mass is 660 g/mol. The second kappa shape index (κ2) is 20.5. The molecular weight excluding hydrogens is 620 g/mol. The minimum atomic E-state index is -4.27. The molecule has 45 heavy (non-hydrogen) atoms. The maximum Gasteiger partial charge on any atom is 0.171 e. The van der Waals surface area contributed by atoms with Gasteiger partial charge in [-0.3, -0.25) is 0 Å². The Labute approximate surface area is 266 Å². The molecule has 0 N–H and O–H groups in total. The summed E-state index contributed by atoms with van der Waals surface area (Å²) in [6, 6.07) is 23.6. The van der Waals surface area contributed by atoms with E-state index in [4.69, 9.17) is 14.2 Å². The molecule has 0 unspecified atom stereocenters. The van der Waals surface area contributed by atoms with Crippen LogP contribution in [0, 0.1) is 13.8 Å². The maximum absolute atomic E-state index is 10.4. The van der Waals surface area contributed by atoms with Gasteiger partial charge < -0.3 is 23.3 Å². The Morgan fingerprint density at radius 2 is 0.778 bits per heavy atom.